The molecule has 0 bridgehead atoms. The molecule has 3 aromatic carbocycles. The number of carbonyl (C=O) groups is 2. The van der Waals surface area contributed by atoms with Crippen LogP contribution in [0.4, 0.5) is 15.8 Å². The van der Waals surface area contributed by atoms with Gasteiger partial charge in [0.15, 0.2) is 0 Å². The van der Waals surface area contributed by atoms with Gasteiger partial charge >= 0.3 is 0 Å². The number of non-ortho nitro benzene ring substituents is 1. The maximum atomic E-state index is 13.1. The zero-order valence-electron chi connectivity index (χ0n) is 15.8. The first-order valence-corrected chi connectivity index (χ1v) is 9.72. The monoisotopic (exact) mass is 483 g/mol. The van der Waals surface area contributed by atoms with E-state index in [1.165, 1.54) is 48.5 Å². The number of rotatable bonds is 6. The molecular formula is C22H15BrFN3O4. The number of nitrogens with zero attached hydrogens (tertiary/aromatic N) is 1. The second-order valence-electron chi connectivity index (χ2n) is 6.31. The normalized spacial score (nSPS) is 11.0. The van der Waals surface area contributed by atoms with E-state index in [9.17, 15) is 24.1 Å². The first kappa shape index (κ1) is 21.8. The molecule has 0 saturated heterocycles. The lowest BCUT2D eigenvalue weighted by atomic mass is 10.1. The van der Waals surface area contributed by atoms with Crippen LogP contribution < -0.4 is 10.6 Å². The lowest BCUT2D eigenvalue weighted by Crippen LogP contribution is -2.31. The fourth-order valence-electron chi connectivity index (χ4n) is 2.62. The van der Waals surface area contributed by atoms with E-state index in [1.807, 2.05) is 0 Å². The van der Waals surface area contributed by atoms with Gasteiger partial charge in [-0.05, 0) is 64.0 Å². The van der Waals surface area contributed by atoms with Crippen LogP contribution in [0.15, 0.2) is 83.0 Å². The van der Waals surface area contributed by atoms with Crippen molar-refractivity contribution < 1.29 is 18.9 Å². The Balaban J connectivity index is 1.94. The first-order valence-electron chi connectivity index (χ1n) is 8.92. The van der Waals surface area contributed by atoms with Crippen LogP contribution in [0.5, 0.6) is 0 Å². The highest BCUT2D eigenvalue weighted by atomic mass is 79.9. The minimum atomic E-state index is -0.682. The summed E-state index contributed by atoms with van der Waals surface area (Å²) in [5.74, 6) is -1.70. The molecule has 0 aliphatic rings. The molecule has 0 aliphatic carbocycles. The highest BCUT2D eigenvalue weighted by Gasteiger charge is 2.17. The lowest BCUT2D eigenvalue weighted by Gasteiger charge is -2.12. The van der Waals surface area contributed by atoms with Gasteiger partial charge in [0.2, 0.25) is 0 Å². The molecule has 3 aromatic rings. The molecule has 0 aliphatic heterocycles. The van der Waals surface area contributed by atoms with Crippen LogP contribution >= 0.6 is 15.9 Å². The number of halogens is 2. The van der Waals surface area contributed by atoms with Gasteiger partial charge in [0.05, 0.1) is 10.5 Å². The molecule has 31 heavy (non-hydrogen) atoms. The van der Waals surface area contributed by atoms with Gasteiger partial charge < -0.3 is 10.6 Å². The Bertz CT molecular complexity index is 1180. The minimum Gasteiger partial charge on any atom is -0.321 e. The van der Waals surface area contributed by atoms with Gasteiger partial charge in [-0.15, -0.1) is 0 Å². The molecule has 3 rings (SSSR count). The Kier molecular flexibility index (Phi) is 6.88. The average Bonchev–Trinajstić information content (AvgIpc) is 2.75. The van der Waals surface area contributed by atoms with Crippen molar-refractivity contribution in [3.8, 4) is 0 Å². The molecule has 0 spiro atoms. The number of benzene rings is 3. The molecule has 0 aromatic heterocycles. The van der Waals surface area contributed by atoms with E-state index in [0.717, 1.165) is 0 Å². The smallest absolute Gasteiger partial charge is 0.272 e. The number of hydrogen-bond donors (Lipinski definition) is 2. The molecule has 2 amide bonds. The second-order valence-corrected chi connectivity index (χ2v) is 7.16. The Hall–Kier alpha value is -3.85. The van der Waals surface area contributed by atoms with E-state index >= 15 is 0 Å². The fourth-order valence-corrected chi connectivity index (χ4v) is 3.08. The van der Waals surface area contributed by atoms with Crippen molar-refractivity contribution >= 4 is 45.2 Å². The molecule has 0 atom stereocenters. The summed E-state index contributed by atoms with van der Waals surface area (Å²) in [6, 6.07) is 17.4. The molecule has 0 saturated carbocycles. The van der Waals surface area contributed by atoms with Crippen LogP contribution in [-0.2, 0) is 4.79 Å². The van der Waals surface area contributed by atoms with E-state index in [-0.39, 0.29) is 11.4 Å². The highest BCUT2D eigenvalue weighted by molar-refractivity contribution is 9.10. The maximum absolute atomic E-state index is 13.1. The molecule has 2 N–H and O–H groups in total. The third kappa shape index (κ3) is 5.83. The molecule has 7 nitrogen and oxygen atoms in total. The van der Waals surface area contributed by atoms with Gasteiger partial charge in [-0.1, -0.05) is 24.3 Å². The number of nitro benzene ring substituents is 1. The van der Waals surface area contributed by atoms with Gasteiger partial charge in [-0.3, -0.25) is 19.7 Å². The summed E-state index contributed by atoms with van der Waals surface area (Å²) in [7, 11) is 0. The fraction of sp³-hybridized carbons (Fsp3) is 0. The van der Waals surface area contributed by atoms with Gasteiger partial charge in [0.1, 0.15) is 11.5 Å². The highest BCUT2D eigenvalue weighted by Crippen LogP contribution is 2.19. The Morgan fingerprint density at radius 1 is 1.00 bits per heavy atom. The number of nitro groups is 1. The molecule has 0 heterocycles. The van der Waals surface area contributed by atoms with Crippen molar-refractivity contribution in [2.24, 2.45) is 0 Å². The molecule has 0 unspecified atom stereocenters. The second kappa shape index (κ2) is 9.77. The molecule has 0 radical (unpaired) electrons. The number of amides is 2. The summed E-state index contributed by atoms with van der Waals surface area (Å²) in [5, 5.41) is 16.1. The summed E-state index contributed by atoms with van der Waals surface area (Å²) < 4.78 is 13.7. The Morgan fingerprint density at radius 3 is 2.39 bits per heavy atom. The van der Waals surface area contributed by atoms with Crippen LogP contribution in [0.3, 0.4) is 0 Å². The molecule has 0 fully saturated rings. The predicted octanol–water partition coefficient (Wildman–Crippen LogP) is 4.91. The summed E-state index contributed by atoms with van der Waals surface area (Å²) in [5.41, 5.74) is 0.633. The SMILES string of the molecule is O=C(Nc1ccc(F)cc1)/C(=C/c1cccc([N+](=O)[O-])c1)NC(=O)c1ccccc1Br. The van der Waals surface area contributed by atoms with Crippen molar-refractivity contribution in [2.45, 2.75) is 0 Å². The van der Waals surface area contributed by atoms with Crippen LogP contribution in [0, 0.1) is 15.9 Å². The van der Waals surface area contributed by atoms with Crippen LogP contribution in [0.1, 0.15) is 15.9 Å². The standard InChI is InChI=1S/C22H15BrFN3O4/c23-19-7-2-1-6-18(19)21(28)26-20(13-14-4-3-5-17(12-14)27(30)31)22(29)25-16-10-8-15(24)9-11-16/h1-13H,(H,25,29)(H,26,28)/b20-13-. The van der Waals surface area contributed by atoms with Crippen molar-refractivity contribution in [1.29, 1.82) is 0 Å². The van der Waals surface area contributed by atoms with Crippen LogP contribution in [-0.4, -0.2) is 16.7 Å². The maximum Gasteiger partial charge on any atom is 0.272 e. The van der Waals surface area contributed by atoms with E-state index in [0.29, 0.717) is 21.3 Å². The average molecular weight is 484 g/mol. The van der Waals surface area contributed by atoms with Gasteiger partial charge in [0.25, 0.3) is 17.5 Å². The quantitative estimate of drug-likeness (QED) is 0.295. The van der Waals surface area contributed by atoms with Crippen molar-refractivity contribution in [3.05, 3.63) is 110 Å². The third-order valence-corrected chi connectivity index (χ3v) is 4.80. The van der Waals surface area contributed by atoms with E-state index in [2.05, 4.69) is 26.6 Å². The van der Waals surface area contributed by atoms with Crippen LogP contribution in [0.2, 0.25) is 0 Å². The van der Waals surface area contributed by atoms with Crippen LogP contribution in [0.25, 0.3) is 6.08 Å². The van der Waals surface area contributed by atoms with Crippen molar-refractivity contribution in [1.82, 2.24) is 5.32 Å². The summed E-state index contributed by atoms with van der Waals surface area (Å²) in [4.78, 5) is 36.0. The third-order valence-electron chi connectivity index (χ3n) is 4.11. The topological polar surface area (TPSA) is 101 Å². The minimum absolute atomic E-state index is 0.148. The van der Waals surface area contributed by atoms with E-state index in [1.54, 1.807) is 30.3 Å². The summed E-state index contributed by atoms with van der Waals surface area (Å²) in [6.45, 7) is 0. The largest absolute Gasteiger partial charge is 0.321 e. The molecule has 9 heteroatoms. The van der Waals surface area contributed by atoms with Gasteiger partial charge in [0, 0.05) is 22.3 Å². The number of anilines is 1. The van der Waals surface area contributed by atoms with Crippen molar-refractivity contribution in [2.75, 3.05) is 5.32 Å². The summed E-state index contributed by atoms with van der Waals surface area (Å²) >= 11 is 3.29. The zero-order chi connectivity index (χ0) is 22.4. The molecule has 156 valence electrons. The van der Waals surface area contributed by atoms with Gasteiger partial charge in [-0.25, -0.2) is 4.39 Å². The molecular weight excluding hydrogens is 469 g/mol. The van der Waals surface area contributed by atoms with E-state index in [4.69, 9.17) is 0 Å². The zero-order valence-corrected chi connectivity index (χ0v) is 17.4. The number of nitrogens with one attached hydrogen (secondary N) is 2. The Morgan fingerprint density at radius 2 is 1.71 bits per heavy atom. The van der Waals surface area contributed by atoms with Gasteiger partial charge in [-0.2, -0.15) is 0 Å². The first-order chi connectivity index (χ1) is 14.8. The summed E-state index contributed by atoms with van der Waals surface area (Å²) in [6.07, 6.45) is 1.32. The predicted molar refractivity (Wildman–Crippen MR) is 118 cm³/mol. The number of carbonyl (C=O) groups excluding carboxylic acids is 2. The van der Waals surface area contributed by atoms with E-state index < -0.39 is 22.6 Å². The van der Waals surface area contributed by atoms with Crippen molar-refractivity contribution in [3.63, 3.8) is 0 Å². The number of hydrogen-bond acceptors (Lipinski definition) is 4. The lowest BCUT2D eigenvalue weighted by molar-refractivity contribution is -0.384. The Labute approximate surface area is 184 Å².